The summed E-state index contributed by atoms with van der Waals surface area (Å²) in [6.45, 7) is 18.3. The van der Waals surface area contributed by atoms with Crippen LogP contribution in [0.1, 0.15) is 192 Å². The van der Waals surface area contributed by atoms with Crippen molar-refractivity contribution >= 4 is 115 Å². The van der Waals surface area contributed by atoms with E-state index in [1.165, 1.54) is 0 Å². The van der Waals surface area contributed by atoms with E-state index in [0.29, 0.717) is 160 Å². The van der Waals surface area contributed by atoms with Gasteiger partial charge in [0.1, 0.15) is 17.3 Å². The van der Waals surface area contributed by atoms with Crippen LogP contribution >= 0.6 is 0 Å². The summed E-state index contributed by atoms with van der Waals surface area (Å²) in [4.78, 5) is 151. The van der Waals surface area contributed by atoms with Gasteiger partial charge in [0.2, 0.25) is 21.8 Å². The predicted molar refractivity (Wildman–Crippen MR) is 427 cm³/mol. The molecule has 3 fully saturated rings. The second-order valence-corrected chi connectivity index (χ2v) is 36.4. The zero-order valence-electron chi connectivity index (χ0n) is 66.6. The number of ether oxygens (including phenoxy) is 2. The van der Waals surface area contributed by atoms with Crippen LogP contribution in [0.15, 0.2) is 59.5 Å². The van der Waals surface area contributed by atoms with Gasteiger partial charge in [-0.25, -0.2) is 17.9 Å². The second kappa shape index (κ2) is 49.0. The Labute approximate surface area is 673 Å². The van der Waals surface area contributed by atoms with Crippen molar-refractivity contribution in [3.63, 3.8) is 0 Å². The van der Waals surface area contributed by atoms with Crippen molar-refractivity contribution < 1.29 is 86.6 Å². The third-order valence-corrected chi connectivity index (χ3v) is 26.5. The first-order chi connectivity index (χ1) is 54.2. The molecule has 5 amide bonds. The molecule has 0 aromatic heterocycles. The number of Topliss-reactive ketones (excluding diaryl/α,β-unsaturated/α-hetero) is 2. The molecule has 0 saturated carbocycles. The number of urea groups is 1. The number of nitrogens with one attached hydrogen (secondary N) is 6. The molecule has 113 heavy (non-hydrogen) atoms. The molecular formula is C81H120InN11O19S. The second-order valence-electron chi connectivity index (χ2n) is 29.9. The molecule has 3 aromatic rings. The summed E-state index contributed by atoms with van der Waals surface area (Å²) in [5, 5.41) is 34.9. The van der Waals surface area contributed by atoms with E-state index in [2.05, 4.69) is 68.8 Å². The van der Waals surface area contributed by atoms with Crippen LogP contribution in [-0.4, -0.2) is 260 Å². The number of hydrogen-bond acceptors (Lipinski definition) is 22. The van der Waals surface area contributed by atoms with Crippen LogP contribution in [0.4, 0.5) is 10.5 Å². The van der Waals surface area contributed by atoms with Crippen LogP contribution in [0.25, 0.3) is 12.2 Å². The summed E-state index contributed by atoms with van der Waals surface area (Å²) >= 11 is -3.88. The molecule has 5 unspecified atom stereocenters. The zero-order valence-corrected chi connectivity index (χ0v) is 70.7. The van der Waals surface area contributed by atoms with Gasteiger partial charge in [-0.3, -0.25) is 28.8 Å². The maximum atomic E-state index is 14.1. The van der Waals surface area contributed by atoms with E-state index in [9.17, 15) is 66.3 Å². The Morgan fingerprint density at radius 1 is 0.575 bits per heavy atom. The summed E-state index contributed by atoms with van der Waals surface area (Å²) in [5.74, 6) is -4.11. The fourth-order valence-electron chi connectivity index (χ4n) is 14.2. The molecule has 6 atom stereocenters. The molecule has 622 valence electrons. The number of cyclic esters (lactones) is 1. The van der Waals surface area contributed by atoms with Gasteiger partial charge in [0.25, 0.3) is 0 Å². The van der Waals surface area contributed by atoms with Gasteiger partial charge in [-0.2, -0.15) is 0 Å². The van der Waals surface area contributed by atoms with Crippen LogP contribution < -0.4 is 51.4 Å². The quantitative estimate of drug-likeness (QED) is 0.0200. The molecule has 0 radical (unpaired) electrons. The first-order valence-corrected chi connectivity index (χ1v) is 47.1. The number of aryl methyl sites for hydroxylation is 1. The number of carboxylic acids is 2. The molecule has 4 aliphatic heterocycles. The van der Waals surface area contributed by atoms with Crippen molar-refractivity contribution in [3.8, 4) is 11.5 Å². The molecule has 7 rings (SSSR count). The number of hydrogen-bond donors (Lipinski definition) is 8. The van der Waals surface area contributed by atoms with Crippen molar-refractivity contribution in [2.24, 2.45) is 5.92 Å². The first-order valence-electron chi connectivity index (χ1n) is 40.6. The number of benzene rings is 3. The Kier molecular flexibility index (Phi) is 40.0. The number of carboxylic acid groups (broad SMARTS) is 2. The maximum Gasteiger partial charge on any atom is 0.314 e. The summed E-state index contributed by atoms with van der Waals surface area (Å²) < 4.78 is 53.3. The van der Waals surface area contributed by atoms with E-state index >= 15 is 0 Å². The van der Waals surface area contributed by atoms with Crippen molar-refractivity contribution in [1.82, 2.24) is 50.9 Å². The van der Waals surface area contributed by atoms with Gasteiger partial charge in [-0.05, 0) is 151 Å². The Morgan fingerprint density at radius 3 is 1.80 bits per heavy atom. The van der Waals surface area contributed by atoms with Crippen LogP contribution in [-0.2, 0) is 68.4 Å². The average molecular weight is 1700 g/mol. The van der Waals surface area contributed by atoms with Gasteiger partial charge < -0.3 is 41.1 Å². The summed E-state index contributed by atoms with van der Waals surface area (Å²) in [6, 6.07) is 15.6. The van der Waals surface area contributed by atoms with E-state index in [4.69, 9.17) is 20.3 Å². The van der Waals surface area contributed by atoms with E-state index in [-0.39, 0.29) is 135 Å². The Hall–Kier alpha value is -8.01. The third kappa shape index (κ3) is 33.4. The van der Waals surface area contributed by atoms with Crippen LogP contribution in [0, 0.1) is 12.8 Å². The summed E-state index contributed by atoms with van der Waals surface area (Å²) in [7, 11) is -3.93. The number of ketones is 2. The average Bonchev–Trinajstić information content (AvgIpc) is 0.778. The largest absolute Gasteiger partial charge is 0.481 e. The number of rotatable bonds is 47. The monoisotopic (exact) mass is 1700 g/mol. The number of carbonyl (C=O) groups excluding carboxylic acids is 9. The number of anilines is 1. The van der Waals surface area contributed by atoms with Gasteiger partial charge in [-0.15, -0.1) is 0 Å². The number of carbonyl (C=O) groups is 11. The van der Waals surface area contributed by atoms with Crippen LogP contribution in [0.5, 0.6) is 11.5 Å². The van der Waals surface area contributed by atoms with E-state index in [1.54, 1.807) is 19.1 Å². The fourth-order valence-corrected chi connectivity index (χ4v) is 19.0. The number of fused-ring (bicyclic) bond motifs is 9. The topological polar surface area (TPSA) is 388 Å². The summed E-state index contributed by atoms with van der Waals surface area (Å²) in [5.41, 5.74) is 4.46. The first kappa shape index (κ1) is 92.2. The standard InChI is InChI=1S/C81H122N11O19S.In/c1-7-92(8-2)62-32-35-67-71(53-62)111-70-50-58(3)30-34-66(70)79(67)65-36-33-64(51-59(65)4)112(108,109)85-41-22-12-18-29-73(96)87-68(26-19-23-39-83-74(97)54-88-42-44-89(55-76(100)101)45-46-90(56-77(102)103)47-49-91(48-43-88)57-78(104)110-6)69(94)27-16-11-14-24-61(80(105)106)52-63(93)25-15-9-10-17-28-72(95)82-38-20-13-21-40-84-81(107)86-60(5)31-37-75(98)99;/h30,32-36,50-51,53,60-61,68,85H,3,6-29,31,37-49,52,54-57H2,1-2,4-5H3,(H,82,95)(H,83,97)(H,87,96)(H,98,99)(H,100,101)(H,102,103)(H,105,106)(H2,84,86,107);/q;+2/p-2/t60-,61?,68?;/m1./s1. The van der Waals surface area contributed by atoms with E-state index < -0.39 is 74.1 Å². The van der Waals surface area contributed by atoms with Gasteiger partial charge >= 0.3 is 215 Å². The minimum atomic E-state index is -3.93. The molecule has 4 bridgehead atoms. The molecule has 32 heteroatoms. The molecule has 0 aliphatic carbocycles. The van der Waals surface area contributed by atoms with Crippen molar-refractivity contribution in [2.75, 3.05) is 127 Å². The van der Waals surface area contributed by atoms with Gasteiger partial charge in [0.05, 0.1) is 16.9 Å². The SMILES string of the molecule is C=c1ccc2c(c1)Oc1cc(N(CC)CC)ccc1C=2c1ccc(S(=O)(=O)NCCCCCC(=O)NC(CCCCNC(=O)CN2CCN3CCN4CCN(CC2)CC(=O)[O][In]([CH2]OC(=O)C3)[O]C(=O)C4)C(=O)CCCCCC(CC(=O)CCCCCCC(=O)NCCCCCNC(=O)N[C@H](C)CCC(=O)O)C(=O)O)cc1C. The number of aliphatic carboxylic acids is 2. The Balaban J connectivity index is 0.859. The molecule has 0 spiro atoms. The maximum absolute atomic E-state index is 14.1. The number of amides is 5. The molecule has 4 heterocycles. The number of nitrogens with zero attached hydrogens (tertiary/aromatic N) is 5. The number of sulfonamides is 1. The zero-order chi connectivity index (χ0) is 81.7. The van der Waals surface area contributed by atoms with E-state index in [1.807, 2.05) is 56.9 Å². The van der Waals surface area contributed by atoms with Gasteiger partial charge in [0.15, 0.2) is 5.78 Å². The number of esters is 1. The Bertz CT molecular complexity index is 3940. The van der Waals surface area contributed by atoms with Crippen molar-refractivity contribution in [1.29, 1.82) is 0 Å². The van der Waals surface area contributed by atoms with Gasteiger partial charge in [-0.1, -0.05) is 56.9 Å². The molecular weight excluding hydrogens is 1580 g/mol. The molecule has 4 aliphatic rings. The predicted octanol–water partition coefficient (Wildman–Crippen LogP) is 5.48. The molecule has 30 nitrogen and oxygen atoms in total. The fraction of sp³-hybridized carbons (Fsp3) is 0.617. The smallest absolute Gasteiger partial charge is 0.314 e. The molecule has 3 aromatic carbocycles. The van der Waals surface area contributed by atoms with Crippen molar-refractivity contribution in [2.45, 2.75) is 199 Å². The Morgan fingerprint density at radius 2 is 1.14 bits per heavy atom. The number of unbranched alkanes of at least 4 members (excludes halogenated alkanes) is 10. The van der Waals surface area contributed by atoms with Crippen LogP contribution in [0.2, 0.25) is 0 Å². The molecule has 8 N–H and O–H groups in total. The van der Waals surface area contributed by atoms with E-state index in [0.717, 1.165) is 77.2 Å². The van der Waals surface area contributed by atoms with Crippen LogP contribution in [0.3, 0.4) is 0 Å². The summed E-state index contributed by atoms with van der Waals surface area (Å²) in [6.07, 6.45) is 10.1. The molecule has 3 saturated heterocycles. The minimum absolute atomic E-state index is 0.0132. The normalized spacial score (nSPS) is 17.6. The third-order valence-electron chi connectivity index (χ3n) is 20.8. The van der Waals surface area contributed by atoms with Gasteiger partial charge in [0, 0.05) is 105 Å². The minimum Gasteiger partial charge on any atom is -0.481 e. The van der Waals surface area contributed by atoms with Crippen molar-refractivity contribution in [3.05, 3.63) is 81.7 Å².